The van der Waals surface area contributed by atoms with Gasteiger partial charge in [0.15, 0.2) is 0 Å². The zero-order valence-corrected chi connectivity index (χ0v) is 14.9. The summed E-state index contributed by atoms with van der Waals surface area (Å²) in [5.74, 6) is -0.565. The van der Waals surface area contributed by atoms with Crippen molar-refractivity contribution in [3.63, 3.8) is 0 Å². The molecule has 2 N–H and O–H groups in total. The van der Waals surface area contributed by atoms with Gasteiger partial charge in [0.25, 0.3) is 11.8 Å². The molecule has 0 heterocycles. The maximum absolute atomic E-state index is 12.5. The second kappa shape index (κ2) is 7.85. The Morgan fingerprint density at radius 3 is 2.12 bits per heavy atom. The first-order valence-electron chi connectivity index (χ1n) is 8.07. The van der Waals surface area contributed by atoms with Gasteiger partial charge in [0.2, 0.25) is 0 Å². The minimum absolute atomic E-state index is 0.277. The molecule has 0 aromatic heterocycles. The molecule has 0 unspecified atom stereocenters. The number of benzene rings is 3. The second-order valence-electron chi connectivity index (χ2n) is 5.83. The fraction of sp³-hybridized carbons (Fsp3) is 0.0476. The van der Waals surface area contributed by atoms with Gasteiger partial charge in [-0.15, -0.1) is 0 Å². The van der Waals surface area contributed by atoms with Crippen LogP contribution in [0.1, 0.15) is 26.3 Å². The molecule has 3 aromatic carbocycles. The van der Waals surface area contributed by atoms with Crippen LogP contribution in [-0.4, -0.2) is 11.8 Å². The zero-order chi connectivity index (χ0) is 18.5. The first kappa shape index (κ1) is 17.7. The van der Waals surface area contributed by atoms with Crippen LogP contribution in [0.3, 0.4) is 0 Å². The van der Waals surface area contributed by atoms with E-state index in [0.717, 1.165) is 5.56 Å². The van der Waals surface area contributed by atoms with Crippen LogP contribution in [0.25, 0.3) is 0 Å². The summed E-state index contributed by atoms with van der Waals surface area (Å²) >= 11 is 6.16. The normalized spacial score (nSPS) is 10.2. The molecule has 0 bridgehead atoms. The fourth-order valence-electron chi connectivity index (χ4n) is 2.39. The molecule has 0 saturated heterocycles. The standard InChI is InChI=1S/C21H17ClN2O2/c1-14-7-10-17(11-8-14)23-21(26)16-9-12-18(22)19(13-16)24-20(25)15-5-3-2-4-6-15/h2-13H,1H3,(H,23,26)(H,24,25). The summed E-state index contributed by atoms with van der Waals surface area (Å²) in [5, 5.41) is 5.93. The lowest BCUT2D eigenvalue weighted by molar-refractivity contribution is 0.101. The highest BCUT2D eigenvalue weighted by Gasteiger charge is 2.12. The molecule has 0 spiro atoms. The Balaban J connectivity index is 1.77. The molecule has 4 nitrogen and oxygen atoms in total. The van der Waals surface area contributed by atoms with Crippen molar-refractivity contribution in [2.75, 3.05) is 10.6 Å². The first-order valence-corrected chi connectivity index (χ1v) is 8.45. The molecule has 0 saturated carbocycles. The number of amides is 2. The summed E-state index contributed by atoms with van der Waals surface area (Å²) in [6.07, 6.45) is 0. The summed E-state index contributed by atoms with van der Waals surface area (Å²) in [6, 6.07) is 21.1. The van der Waals surface area contributed by atoms with Crippen molar-refractivity contribution in [2.24, 2.45) is 0 Å². The summed E-state index contributed by atoms with van der Waals surface area (Å²) in [4.78, 5) is 24.8. The third-order valence-corrected chi connectivity index (χ3v) is 4.15. The third kappa shape index (κ3) is 4.29. The second-order valence-corrected chi connectivity index (χ2v) is 6.24. The summed E-state index contributed by atoms with van der Waals surface area (Å²) < 4.78 is 0. The van der Waals surface area contributed by atoms with Gasteiger partial charge in [-0.2, -0.15) is 0 Å². The van der Waals surface area contributed by atoms with Gasteiger partial charge in [-0.3, -0.25) is 9.59 Å². The summed E-state index contributed by atoms with van der Waals surface area (Å²) in [6.45, 7) is 1.98. The van der Waals surface area contributed by atoms with Gasteiger partial charge in [-0.1, -0.05) is 47.5 Å². The van der Waals surface area contributed by atoms with Crippen molar-refractivity contribution < 1.29 is 9.59 Å². The highest BCUT2D eigenvalue weighted by atomic mass is 35.5. The van der Waals surface area contributed by atoms with Crippen molar-refractivity contribution in [1.82, 2.24) is 0 Å². The Bertz CT molecular complexity index is 938. The van der Waals surface area contributed by atoms with Crippen molar-refractivity contribution in [2.45, 2.75) is 6.92 Å². The topological polar surface area (TPSA) is 58.2 Å². The van der Waals surface area contributed by atoms with Gasteiger partial charge in [-0.05, 0) is 49.4 Å². The maximum Gasteiger partial charge on any atom is 0.255 e. The number of nitrogens with one attached hydrogen (secondary N) is 2. The van der Waals surface area contributed by atoms with E-state index in [2.05, 4.69) is 10.6 Å². The summed E-state index contributed by atoms with van der Waals surface area (Å²) in [7, 11) is 0. The lowest BCUT2D eigenvalue weighted by Crippen LogP contribution is -2.15. The average Bonchev–Trinajstić information content (AvgIpc) is 2.66. The van der Waals surface area contributed by atoms with E-state index in [4.69, 9.17) is 11.6 Å². The maximum atomic E-state index is 12.5. The third-order valence-electron chi connectivity index (χ3n) is 3.82. The molecule has 0 aliphatic heterocycles. The van der Waals surface area contributed by atoms with Crippen molar-refractivity contribution >= 4 is 34.8 Å². The Morgan fingerprint density at radius 1 is 0.769 bits per heavy atom. The Kier molecular flexibility index (Phi) is 5.34. The van der Waals surface area contributed by atoms with Crippen LogP contribution >= 0.6 is 11.6 Å². The number of carbonyl (C=O) groups is 2. The van der Waals surface area contributed by atoms with Gasteiger partial charge < -0.3 is 10.6 Å². The molecule has 5 heteroatoms. The number of aryl methyl sites for hydroxylation is 1. The number of carbonyl (C=O) groups excluding carboxylic acids is 2. The van der Waals surface area contributed by atoms with Crippen molar-refractivity contribution in [3.05, 3.63) is 94.5 Å². The highest BCUT2D eigenvalue weighted by molar-refractivity contribution is 6.34. The molecule has 3 rings (SSSR count). The minimum Gasteiger partial charge on any atom is -0.322 e. The van der Waals surface area contributed by atoms with E-state index in [1.54, 1.807) is 42.5 Å². The number of halogens is 1. The SMILES string of the molecule is Cc1ccc(NC(=O)c2ccc(Cl)c(NC(=O)c3ccccc3)c2)cc1. The monoisotopic (exact) mass is 364 g/mol. The molecule has 2 amide bonds. The van der Waals surface area contributed by atoms with Crippen LogP contribution in [0.2, 0.25) is 5.02 Å². The van der Waals surface area contributed by atoms with E-state index in [-0.39, 0.29) is 11.8 Å². The fourth-order valence-corrected chi connectivity index (χ4v) is 2.55. The number of hydrogen-bond donors (Lipinski definition) is 2. The van der Waals surface area contributed by atoms with Crippen LogP contribution in [0.15, 0.2) is 72.8 Å². The van der Waals surface area contributed by atoms with E-state index in [0.29, 0.717) is 27.5 Å². The molecule has 3 aromatic rings. The van der Waals surface area contributed by atoms with E-state index in [9.17, 15) is 9.59 Å². The van der Waals surface area contributed by atoms with Crippen molar-refractivity contribution in [1.29, 1.82) is 0 Å². The van der Waals surface area contributed by atoms with Crippen LogP contribution in [0.5, 0.6) is 0 Å². The van der Waals surface area contributed by atoms with Crippen LogP contribution in [0, 0.1) is 6.92 Å². The Labute approximate surface area is 156 Å². The van der Waals surface area contributed by atoms with Gasteiger partial charge in [0.05, 0.1) is 10.7 Å². The molecule has 0 atom stereocenters. The molecule has 0 radical (unpaired) electrons. The van der Waals surface area contributed by atoms with E-state index >= 15 is 0 Å². The van der Waals surface area contributed by atoms with E-state index in [1.165, 1.54) is 0 Å². The molecular weight excluding hydrogens is 348 g/mol. The largest absolute Gasteiger partial charge is 0.322 e. The predicted molar refractivity (Wildman–Crippen MR) is 105 cm³/mol. The van der Waals surface area contributed by atoms with Gasteiger partial charge >= 0.3 is 0 Å². The molecule has 0 fully saturated rings. The molecule has 0 aliphatic carbocycles. The number of rotatable bonds is 4. The van der Waals surface area contributed by atoms with Crippen LogP contribution in [-0.2, 0) is 0 Å². The molecular formula is C21H17ClN2O2. The van der Waals surface area contributed by atoms with Gasteiger partial charge in [0.1, 0.15) is 0 Å². The van der Waals surface area contributed by atoms with E-state index in [1.807, 2.05) is 37.3 Å². The minimum atomic E-state index is -0.288. The Morgan fingerprint density at radius 2 is 1.42 bits per heavy atom. The quantitative estimate of drug-likeness (QED) is 0.672. The first-order chi connectivity index (χ1) is 12.5. The molecule has 0 aliphatic rings. The lowest BCUT2D eigenvalue weighted by Gasteiger charge is -2.10. The van der Waals surface area contributed by atoms with Gasteiger partial charge in [-0.25, -0.2) is 0 Å². The average molecular weight is 365 g/mol. The highest BCUT2D eigenvalue weighted by Crippen LogP contribution is 2.24. The summed E-state index contributed by atoms with van der Waals surface area (Å²) in [5.41, 5.74) is 3.11. The number of hydrogen-bond acceptors (Lipinski definition) is 2. The number of anilines is 2. The van der Waals surface area contributed by atoms with Crippen LogP contribution < -0.4 is 10.6 Å². The lowest BCUT2D eigenvalue weighted by atomic mass is 10.1. The van der Waals surface area contributed by atoms with Crippen molar-refractivity contribution in [3.8, 4) is 0 Å². The Hall–Kier alpha value is -3.11. The van der Waals surface area contributed by atoms with E-state index < -0.39 is 0 Å². The predicted octanol–water partition coefficient (Wildman–Crippen LogP) is 5.15. The van der Waals surface area contributed by atoms with Gasteiger partial charge in [0, 0.05) is 16.8 Å². The molecule has 26 heavy (non-hydrogen) atoms. The van der Waals surface area contributed by atoms with Crippen LogP contribution in [0.4, 0.5) is 11.4 Å². The molecule has 130 valence electrons. The zero-order valence-electron chi connectivity index (χ0n) is 14.1. The smallest absolute Gasteiger partial charge is 0.255 e.